The molecule has 0 amide bonds. The summed E-state index contributed by atoms with van der Waals surface area (Å²) in [6, 6.07) is 0. The van der Waals surface area contributed by atoms with Crippen LogP contribution in [-0.4, -0.2) is 66.2 Å². The zero-order valence-corrected chi connectivity index (χ0v) is 16.5. The Morgan fingerprint density at radius 2 is 0.885 bits per heavy atom. The van der Waals surface area contributed by atoms with Crippen molar-refractivity contribution in [1.29, 1.82) is 0 Å². The SMILES string of the molecule is COC(COC(=O)CCCCCCCCC(=O)OCC(OC)OC)OC. The zero-order chi connectivity index (χ0) is 19.6. The molecule has 0 aromatic heterocycles. The van der Waals surface area contributed by atoms with Crippen LogP contribution >= 0.6 is 0 Å². The molecule has 8 nitrogen and oxygen atoms in total. The summed E-state index contributed by atoms with van der Waals surface area (Å²) in [7, 11) is 5.99. The number of hydrogen-bond acceptors (Lipinski definition) is 8. The molecule has 0 N–H and O–H groups in total. The lowest BCUT2D eigenvalue weighted by Crippen LogP contribution is -2.22. The van der Waals surface area contributed by atoms with E-state index in [0.29, 0.717) is 12.8 Å². The number of unbranched alkanes of at least 4 members (excludes halogenated alkanes) is 5. The Balaban J connectivity index is 3.45. The van der Waals surface area contributed by atoms with Crippen LogP contribution in [-0.2, 0) is 38.0 Å². The van der Waals surface area contributed by atoms with Crippen molar-refractivity contribution in [2.75, 3.05) is 41.7 Å². The molecule has 8 heteroatoms. The van der Waals surface area contributed by atoms with Crippen LogP contribution in [0.3, 0.4) is 0 Å². The fraction of sp³-hybridized carbons (Fsp3) is 0.889. The van der Waals surface area contributed by atoms with Crippen LogP contribution in [0.1, 0.15) is 51.4 Å². The van der Waals surface area contributed by atoms with Crippen LogP contribution in [0.15, 0.2) is 0 Å². The molecule has 0 aliphatic carbocycles. The van der Waals surface area contributed by atoms with E-state index < -0.39 is 12.6 Å². The number of methoxy groups -OCH3 is 4. The Morgan fingerprint density at radius 1 is 0.577 bits per heavy atom. The van der Waals surface area contributed by atoms with Crippen molar-refractivity contribution in [2.45, 2.75) is 63.9 Å². The van der Waals surface area contributed by atoms with Crippen molar-refractivity contribution in [3.63, 3.8) is 0 Å². The number of rotatable bonds is 17. The fourth-order valence-corrected chi connectivity index (χ4v) is 2.18. The normalized spacial score (nSPS) is 11.2. The minimum absolute atomic E-state index is 0.109. The van der Waals surface area contributed by atoms with Crippen molar-refractivity contribution < 1.29 is 38.0 Å². The first kappa shape index (κ1) is 24.8. The first-order valence-electron chi connectivity index (χ1n) is 8.99. The molecule has 0 aromatic carbocycles. The molecule has 0 saturated carbocycles. The molecule has 0 aliphatic heterocycles. The van der Waals surface area contributed by atoms with Gasteiger partial charge in [-0.15, -0.1) is 0 Å². The van der Waals surface area contributed by atoms with E-state index in [0.717, 1.165) is 38.5 Å². The largest absolute Gasteiger partial charge is 0.460 e. The molecular weight excluding hydrogens is 344 g/mol. The maximum atomic E-state index is 11.5. The summed E-state index contributed by atoms with van der Waals surface area (Å²) < 4.78 is 29.9. The third kappa shape index (κ3) is 14.0. The highest BCUT2D eigenvalue weighted by atomic mass is 16.7. The number of esters is 2. The first-order valence-corrected chi connectivity index (χ1v) is 8.99. The van der Waals surface area contributed by atoms with Crippen molar-refractivity contribution in [1.82, 2.24) is 0 Å². The average molecular weight is 378 g/mol. The highest BCUT2D eigenvalue weighted by molar-refractivity contribution is 5.69. The Bertz CT molecular complexity index is 319. The summed E-state index contributed by atoms with van der Waals surface area (Å²) in [6.45, 7) is 0.217. The molecule has 0 unspecified atom stereocenters. The van der Waals surface area contributed by atoms with Crippen LogP contribution in [0, 0.1) is 0 Å². The second-order valence-electron chi connectivity index (χ2n) is 5.79. The maximum Gasteiger partial charge on any atom is 0.305 e. The van der Waals surface area contributed by atoms with Gasteiger partial charge in [-0.3, -0.25) is 9.59 Å². The number of ether oxygens (including phenoxy) is 6. The van der Waals surface area contributed by atoms with E-state index in [2.05, 4.69) is 0 Å². The number of carbonyl (C=O) groups excluding carboxylic acids is 2. The molecule has 0 aliphatic rings. The van der Waals surface area contributed by atoms with Gasteiger partial charge >= 0.3 is 11.9 Å². The highest BCUT2D eigenvalue weighted by Gasteiger charge is 2.10. The molecule has 154 valence electrons. The van der Waals surface area contributed by atoms with Gasteiger partial charge in [0.15, 0.2) is 12.6 Å². The Labute approximate surface area is 156 Å². The molecule has 0 aromatic rings. The zero-order valence-electron chi connectivity index (χ0n) is 16.5. The summed E-state index contributed by atoms with van der Waals surface area (Å²) in [5.74, 6) is -0.477. The van der Waals surface area contributed by atoms with E-state index in [-0.39, 0.29) is 25.2 Å². The smallest absolute Gasteiger partial charge is 0.305 e. The summed E-state index contributed by atoms with van der Waals surface area (Å²) in [5.41, 5.74) is 0. The van der Waals surface area contributed by atoms with Crippen molar-refractivity contribution in [2.24, 2.45) is 0 Å². The molecule has 0 spiro atoms. The topological polar surface area (TPSA) is 89.5 Å². The number of hydrogen-bond donors (Lipinski definition) is 0. The van der Waals surface area contributed by atoms with Gasteiger partial charge in [-0.1, -0.05) is 25.7 Å². The van der Waals surface area contributed by atoms with Gasteiger partial charge in [-0.25, -0.2) is 0 Å². The van der Waals surface area contributed by atoms with Crippen molar-refractivity contribution >= 4 is 11.9 Å². The monoisotopic (exact) mass is 378 g/mol. The lowest BCUT2D eigenvalue weighted by atomic mass is 10.1. The van der Waals surface area contributed by atoms with Gasteiger partial charge in [-0.2, -0.15) is 0 Å². The summed E-state index contributed by atoms with van der Waals surface area (Å²) in [4.78, 5) is 23.1. The average Bonchev–Trinajstić information content (AvgIpc) is 2.65. The summed E-state index contributed by atoms with van der Waals surface area (Å²) in [6.07, 6.45) is 5.32. The van der Waals surface area contributed by atoms with Crippen LogP contribution in [0.5, 0.6) is 0 Å². The van der Waals surface area contributed by atoms with Gasteiger partial charge in [0.2, 0.25) is 0 Å². The molecule has 0 radical (unpaired) electrons. The third-order valence-electron chi connectivity index (χ3n) is 3.82. The van der Waals surface area contributed by atoms with Crippen LogP contribution in [0.2, 0.25) is 0 Å². The van der Waals surface area contributed by atoms with Crippen LogP contribution in [0.4, 0.5) is 0 Å². The van der Waals surface area contributed by atoms with Crippen molar-refractivity contribution in [3.8, 4) is 0 Å². The van der Waals surface area contributed by atoms with Gasteiger partial charge in [0.25, 0.3) is 0 Å². The second kappa shape index (κ2) is 17.2. The van der Waals surface area contributed by atoms with E-state index in [9.17, 15) is 9.59 Å². The maximum absolute atomic E-state index is 11.5. The predicted octanol–water partition coefficient (Wildman–Crippen LogP) is 2.43. The van der Waals surface area contributed by atoms with E-state index >= 15 is 0 Å². The number of carbonyl (C=O) groups is 2. The van der Waals surface area contributed by atoms with Gasteiger partial charge in [-0.05, 0) is 12.8 Å². The van der Waals surface area contributed by atoms with Crippen LogP contribution in [0.25, 0.3) is 0 Å². The van der Waals surface area contributed by atoms with Crippen LogP contribution < -0.4 is 0 Å². The van der Waals surface area contributed by atoms with E-state index in [4.69, 9.17) is 28.4 Å². The van der Waals surface area contributed by atoms with E-state index in [1.807, 2.05) is 0 Å². The quantitative estimate of drug-likeness (QED) is 0.217. The Kier molecular flexibility index (Phi) is 16.4. The molecular formula is C18H34O8. The Hall–Kier alpha value is -1.22. The molecule has 0 saturated heterocycles. The molecule has 0 heterocycles. The van der Waals surface area contributed by atoms with Crippen molar-refractivity contribution in [3.05, 3.63) is 0 Å². The fourth-order valence-electron chi connectivity index (χ4n) is 2.18. The van der Waals surface area contributed by atoms with Gasteiger partial charge in [0.05, 0.1) is 0 Å². The summed E-state index contributed by atoms with van der Waals surface area (Å²) in [5, 5.41) is 0. The standard InChI is InChI=1S/C18H34O8/c1-21-17(22-2)13-25-15(19)11-9-7-5-6-8-10-12-16(20)26-14-18(23-3)24-4/h17-18H,5-14H2,1-4H3. The minimum atomic E-state index is -0.513. The predicted molar refractivity (Wildman–Crippen MR) is 94.5 cm³/mol. The minimum Gasteiger partial charge on any atom is -0.460 e. The molecule has 0 bridgehead atoms. The highest BCUT2D eigenvalue weighted by Crippen LogP contribution is 2.10. The van der Waals surface area contributed by atoms with Gasteiger partial charge in [0, 0.05) is 41.3 Å². The summed E-state index contributed by atoms with van der Waals surface area (Å²) >= 11 is 0. The lowest BCUT2D eigenvalue weighted by Gasteiger charge is -2.13. The molecule has 0 atom stereocenters. The third-order valence-corrected chi connectivity index (χ3v) is 3.82. The van der Waals surface area contributed by atoms with Gasteiger partial charge in [0.1, 0.15) is 13.2 Å². The van der Waals surface area contributed by atoms with E-state index in [1.54, 1.807) is 0 Å². The van der Waals surface area contributed by atoms with Gasteiger partial charge < -0.3 is 28.4 Å². The molecule has 0 fully saturated rings. The molecule has 26 heavy (non-hydrogen) atoms. The lowest BCUT2D eigenvalue weighted by molar-refractivity contribution is -0.167. The molecule has 0 rings (SSSR count). The first-order chi connectivity index (χ1) is 12.6. The Morgan fingerprint density at radius 3 is 1.19 bits per heavy atom. The van der Waals surface area contributed by atoms with E-state index in [1.165, 1.54) is 28.4 Å². The second-order valence-corrected chi connectivity index (χ2v) is 5.79.